The predicted octanol–water partition coefficient (Wildman–Crippen LogP) is -0.444. The number of carbonyl (C=O) groups excluding carboxylic acids is 2. The lowest BCUT2D eigenvalue weighted by Gasteiger charge is -2.30. The first-order valence-corrected chi connectivity index (χ1v) is 22.1. The largest absolute Gasteiger partial charge is 0.389 e. The lowest BCUT2D eigenvalue weighted by Crippen LogP contribution is -2.46. The van der Waals surface area contributed by atoms with Gasteiger partial charge in [-0.3, -0.25) is 23.5 Å². The Balaban J connectivity index is 0.914. The number of fused-ring (bicyclic) bond motifs is 1. The van der Waals surface area contributed by atoms with Crippen molar-refractivity contribution in [2.45, 2.75) is 62.4 Å². The Bertz CT molecular complexity index is 2020. The number of rotatable bonds is 24. The number of Topliss-reactive ketones (excluding diaryl/α,β-unsaturated/α-hetero) is 1. The van der Waals surface area contributed by atoms with E-state index in [9.17, 15) is 53.3 Å². The van der Waals surface area contributed by atoms with Crippen molar-refractivity contribution in [3.63, 3.8) is 0 Å². The Morgan fingerprint density at radius 3 is 2.26 bits per heavy atom. The molecule has 1 saturated carbocycles. The molecule has 8 N–H and O–H groups in total. The molecule has 1 aliphatic heterocycles. The number of nitrogens with zero attached hydrogens (tertiary/aromatic N) is 4. The van der Waals surface area contributed by atoms with Gasteiger partial charge in [0.2, 0.25) is 11.8 Å². The van der Waals surface area contributed by atoms with Gasteiger partial charge < -0.3 is 64.1 Å². The molecule has 2 aromatic heterocycles. The summed E-state index contributed by atoms with van der Waals surface area (Å²) in [5, 5.41) is 22.9. The summed E-state index contributed by atoms with van der Waals surface area (Å²) in [5.74, 6) is -1.21. The minimum atomic E-state index is -5.63. The number of hydrogen-bond acceptors (Lipinski definition) is 12. The van der Waals surface area contributed by atoms with Crippen molar-refractivity contribution in [2.24, 2.45) is 0 Å². The first-order valence-electron chi connectivity index (χ1n) is 18.9. The maximum atomic E-state index is 15.2. The van der Waals surface area contributed by atoms with Crippen LogP contribution in [0.3, 0.4) is 0 Å². The molecule has 1 saturated heterocycles. The molecule has 20 nitrogen and oxygen atoms in total. The molecule has 3 aromatic rings. The first-order chi connectivity index (χ1) is 27.5. The van der Waals surface area contributed by atoms with Crippen molar-refractivity contribution in [2.75, 3.05) is 77.3 Å². The molecule has 1 aromatic carbocycles. The zero-order valence-corrected chi connectivity index (χ0v) is 33.6. The number of carbonyl (C=O) groups is 2. The second-order valence-corrected chi connectivity index (χ2v) is 18.3. The SMILES string of the molecule is O=C(CCOCCOCCOCCNC(=O)c1cn(C2CC2)c2cc(N3CCNCC3)c(F)cc2c1=O)CCC(O)Cn1cc[n+](CC(O)(P(=O)(O)O)P(=O)(O)O)c1. The standard InChI is InChI=1S/C35H51FN6O14P2/c36-30-19-28-31(20-32(30)41-9-6-37-7-10-41)42(25-1-2-25)22-29(33(28)45)34(46)38-8-14-55-16-18-56-17-15-54-13-5-26(43)3-4-27(44)21-39-11-12-40(24-39)23-35(47,57(48,49)50)58(51,52)53/h11-12,19-20,22,24-25,27,37,44,47H,1-10,13-18,21,23H2,(H4-,38,46,48,49,50,51,52,53)/p+1. The number of anilines is 1. The fourth-order valence-corrected chi connectivity index (χ4v) is 8.46. The average molecular weight is 862 g/mol. The highest BCUT2D eigenvalue weighted by Gasteiger charge is 2.61. The van der Waals surface area contributed by atoms with E-state index in [0.29, 0.717) is 24.3 Å². The molecular weight excluding hydrogens is 809 g/mol. The Kier molecular flexibility index (Phi) is 15.9. The maximum Gasteiger partial charge on any atom is 0.373 e. The molecule has 1 atom stereocenters. The van der Waals surface area contributed by atoms with E-state index in [-0.39, 0.29) is 94.8 Å². The highest BCUT2D eigenvalue weighted by molar-refractivity contribution is 7.72. The minimum Gasteiger partial charge on any atom is -0.389 e. The van der Waals surface area contributed by atoms with E-state index in [2.05, 4.69) is 10.6 Å². The molecule has 58 heavy (non-hydrogen) atoms. The molecule has 1 unspecified atom stereocenters. The summed E-state index contributed by atoms with van der Waals surface area (Å²) in [5.41, 5.74) is 0.498. The topological polar surface area (TPSA) is 275 Å². The van der Waals surface area contributed by atoms with Gasteiger partial charge in [0.15, 0.2) is 0 Å². The lowest BCUT2D eigenvalue weighted by molar-refractivity contribution is -0.703. The number of ketones is 1. The summed E-state index contributed by atoms with van der Waals surface area (Å²) >= 11 is 0. The van der Waals surface area contributed by atoms with Crippen molar-refractivity contribution in [3.05, 3.63) is 58.7 Å². The number of hydrogen-bond donors (Lipinski definition) is 8. The summed E-state index contributed by atoms with van der Waals surface area (Å²) in [6.45, 7) is 3.08. The summed E-state index contributed by atoms with van der Waals surface area (Å²) in [6, 6.07) is 3.12. The molecule has 1 aliphatic carbocycles. The Morgan fingerprint density at radius 1 is 0.983 bits per heavy atom. The number of ether oxygens (including phenoxy) is 3. The Hall–Kier alpha value is -3.43. The van der Waals surface area contributed by atoms with Crippen LogP contribution in [0.25, 0.3) is 10.9 Å². The van der Waals surface area contributed by atoms with Gasteiger partial charge in [-0.25, -0.2) is 13.5 Å². The van der Waals surface area contributed by atoms with E-state index in [1.54, 1.807) is 12.3 Å². The van der Waals surface area contributed by atoms with Crippen LogP contribution in [-0.4, -0.2) is 134 Å². The summed E-state index contributed by atoms with van der Waals surface area (Å²) in [6.07, 6.45) is 6.44. The van der Waals surface area contributed by atoms with Crippen molar-refractivity contribution in [1.29, 1.82) is 0 Å². The van der Waals surface area contributed by atoms with Gasteiger partial charge in [0.05, 0.1) is 56.9 Å². The molecule has 0 spiro atoms. The van der Waals surface area contributed by atoms with Gasteiger partial charge in [-0.05, 0) is 31.4 Å². The van der Waals surface area contributed by atoms with E-state index >= 15 is 4.39 Å². The van der Waals surface area contributed by atoms with Crippen LogP contribution >= 0.6 is 15.2 Å². The van der Waals surface area contributed by atoms with E-state index in [1.165, 1.54) is 29.4 Å². The number of imidazole rings is 1. The van der Waals surface area contributed by atoms with Crippen molar-refractivity contribution < 1.29 is 71.7 Å². The second-order valence-electron chi connectivity index (χ2n) is 14.3. The summed E-state index contributed by atoms with van der Waals surface area (Å²) in [7, 11) is -11.3. The highest BCUT2D eigenvalue weighted by atomic mass is 31.2. The molecule has 23 heteroatoms. The van der Waals surface area contributed by atoms with Crippen LogP contribution in [0, 0.1) is 5.82 Å². The van der Waals surface area contributed by atoms with Crippen LogP contribution in [0.5, 0.6) is 0 Å². The van der Waals surface area contributed by atoms with Crippen LogP contribution in [0.15, 0.2) is 41.8 Å². The highest BCUT2D eigenvalue weighted by Crippen LogP contribution is 2.67. The van der Waals surface area contributed by atoms with Crippen molar-refractivity contribution >= 4 is 43.5 Å². The number of aliphatic hydroxyl groups excluding tert-OH is 1. The van der Waals surface area contributed by atoms with E-state index in [1.807, 2.05) is 9.47 Å². The van der Waals surface area contributed by atoms with Gasteiger partial charge in [-0.15, -0.1) is 0 Å². The number of piperazine rings is 1. The van der Waals surface area contributed by atoms with Crippen molar-refractivity contribution in [3.8, 4) is 0 Å². The monoisotopic (exact) mass is 861 g/mol. The molecule has 0 bridgehead atoms. The van der Waals surface area contributed by atoms with Gasteiger partial charge in [-0.2, -0.15) is 0 Å². The molecule has 2 fully saturated rings. The average Bonchev–Trinajstić information content (AvgIpc) is 3.92. The number of halogens is 1. The number of nitrogens with one attached hydrogen (secondary N) is 2. The predicted molar refractivity (Wildman–Crippen MR) is 205 cm³/mol. The smallest absolute Gasteiger partial charge is 0.373 e. The van der Waals surface area contributed by atoms with Crippen LogP contribution in [0.2, 0.25) is 0 Å². The maximum absolute atomic E-state index is 15.2. The summed E-state index contributed by atoms with van der Waals surface area (Å²) in [4.78, 5) is 77.8. The fourth-order valence-electron chi connectivity index (χ4n) is 6.41. The molecule has 0 radical (unpaired) electrons. The number of aromatic nitrogens is 3. The normalized spacial score (nSPS) is 15.9. The Morgan fingerprint density at radius 2 is 1.62 bits per heavy atom. The van der Waals surface area contributed by atoms with Gasteiger partial charge in [0.25, 0.3) is 5.91 Å². The third-order valence-electron chi connectivity index (χ3n) is 9.80. The Labute approximate surface area is 332 Å². The van der Waals surface area contributed by atoms with Gasteiger partial charge in [0.1, 0.15) is 42.6 Å². The molecule has 3 heterocycles. The van der Waals surface area contributed by atoms with Gasteiger partial charge in [0, 0.05) is 63.2 Å². The minimum absolute atomic E-state index is 0.0353. The molecule has 5 rings (SSSR count). The third-order valence-corrected chi connectivity index (χ3v) is 13.5. The number of aliphatic hydroxyl groups is 2. The van der Waals surface area contributed by atoms with Crippen LogP contribution < -0.4 is 25.5 Å². The van der Waals surface area contributed by atoms with E-state index < -0.39 is 50.1 Å². The quantitative estimate of drug-likeness (QED) is 0.0322. The number of pyridine rings is 1. The fraction of sp³-hybridized carbons (Fsp3) is 0.600. The third kappa shape index (κ3) is 12.1. The molecular formula is C35H52FN6O14P2+. The van der Waals surface area contributed by atoms with Gasteiger partial charge >= 0.3 is 20.3 Å². The first kappa shape index (κ1) is 45.7. The second kappa shape index (κ2) is 20.2. The van der Waals surface area contributed by atoms with E-state index in [0.717, 1.165) is 30.5 Å². The lowest BCUT2D eigenvalue weighted by atomic mass is 10.1. The molecule has 322 valence electrons. The van der Waals surface area contributed by atoms with Crippen molar-refractivity contribution in [1.82, 2.24) is 19.8 Å². The zero-order valence-electron chi connectivity index (χ0n) is 31.9. The number of benzene rings is 1. The van der Waals surface area contributed by atoms with Crippen LogP contribution in [0.1, 0.15) is 48.5 Å². The molecule has 1 amide bonds. The number of amides is 1. The zero-order chi connectivity index (χ0) is 42.1. The molecule has 2 aliphatic rings. The van der Waals surface area contributed by atoms with Crippen LogP contribution in [0.4, 0.5) is 10.1 Å². The van der Waals surface area contributed by atoms with Gasteiger partial charge in [-0.1, -0.05) is 0 Å². The van der Waals surface area contributed by atoms with E-state index in [4.69, 9.17) is 14.2 Å². The summed E-state index contributed by atoms with van der Waals surface area (Å²) < 4.78 is 59.0. The van der Waals surface area contributed by atoms with Crippen LogP contribution in [-0.2, 0) is 41.2 Å².